The van der Waals surface area contributed by atoms with Gasteiger partial charge in [-0.3, -0.25) is 9.59 Å². The van der Waals surface area contributed by atoms with Crippen LogP contribution < -0.4 is 14.8 Å². The number of ether oxygens (including phenoxy) is 2. The van der Waals surface area contributed by atoms with E-state index >= 15 is 0 Å². The van der Waals surface area contributed by atoms with Gasteiger partial charge in [0.1, 0.15) is 17.5 Å². The summed E-state index contributed by atoms with van der Waals surface area (Å²) in [6.45, 7) is 6.16. The molecule has 2 aromatic carbocycles. The van der Waals surface area contributed by atoms with Crippen LogP contribution in [0.1, 0.15) is 69.9 Å². The highest BCUT2D eigenvalue weighted by Gasteiger charge is 2.28. The molecule has 1 fully saturated rings. The van der Waals surface area contributed by atoms with E-state index in [0.29, 0.717) is 17.4 Å². The number of rotatable bonds is 10. The molecule has 0 aromatic heterocycles. The van der Waals surface area contributed by atoms with Crippen molar-refractivity contribution in [2.45, 2.75) is 77.4 Å². The van der Waals surface area contributed by atoms with E-state index in [2.05, 4.69) is 35.1 Å². The van der Waals surface area contributed by atoms with Gasteiger partial charge in [-0.2, -0.15) is 0 Å². The lowest BCUT2D eigenvalue weighted by Gasteiger charge is -2.31. The van der Waals surface area contributed by atoms with Crippen LogP contribution in [-0.2, 0) is 16.1 Å². The average Bonchev–Trinajstić information content (AvgIpc) is 2.86. The van der Waals surface area contributed by atoms with E-state index < -0.39 is 6.04 Å². The van der Waals surface area contributed by atoms with E-state index in [1.807, 2.05) is 42.5 Å². The molecule has 1 saturated carbocycles. The van der Waals surface area contributed by atoms with Crippen molar-refractivity contribution in [2.24, 2.45) is 0 Å². The maximum absolute atomic E-state index is 13.4. The maximum atomic E-state index is 13.4. The van der Waals surface area contributed by atoms with Crippen LogP contribution in [-0.4, -0.2) is 42.5 Å². The first-order chi connectivity index (χ1) is 16.8. The smallest absolute Gasteiger partial charge is 0.261 e. The number of nitrogens with zero attached hydrogens (tertiary/aromatic N) is 1. The van der Waals surface area contributed by atoms with Gasteiger partial charge in [-0.05, 0) is 77.0 Å². The number of hydrogen-bond donors (Lipinski definition) is 1. The van der Waals surface area contributed by atoms with Gasteiger partial charge in [-0.15, -0.1) is 0 Å². The molecule has 3 rings (SSSR count). The molecule has 1 N–H and O–H groups in total. The third kappa shape index (κ3) is 7.72. The van der Waals surface area contributed by atoms with Crippen LogP contribution in [0.5, 0.6) is 11.5 Å². The maximum Gasteiger partial charge on any atom is 0.261 e. The standard InChI is InChI=1S/C28H37BrN2O4/c1-19(2)22-13-14-26(25(29)16-22)35-18-27(32)31(17-21-9-8-12-24(15-21)34-4)20(3)28(33)30-23-10-6-5-7-11-23/h8-9,12-16,19-20,23H,5-7,10-11,17-18H2,1-4H3,(H,30,33)/t20-/m0/s1. The van der Waals surface area contributed by atoms with Crippen LogP contribution in [0.15, 0.2) is 46.9 Å². The van der Waals surface area contributed by atoms with Gasteiger partial charge in [-0.25, -0.2) is 0 Å². The van der Waals surface area contributed by atoms with E-state index in [4.69, 9.17) is 9.47 Å². The summed E-state index contributed by atoms with van der Waals surface area (Å²) < 4.78 is 12.0. The van der Waals surface area contributed by atoms with Crippen molar-refractivity contribution in [3.8, 4) is 11.5 Å². The predicted octanol–water partition coefficient (Wildman–Crippen LogP) is 5.83. The molecule has 2 amide bonds. The highest BCUT2D eigenvalue weighted by Crippen LogP contribution is 2.29. The van der Waals surface area contributed by atoms with E-state index in [9.17, 15) is 9.59 Å². The topological polar surface area (TPSA) is 67.9 Å². The summed E-state index contributed by atoms with van der Waals surface area (Å²) in [6.07, 6.45) is 5.46. The minimum Gasteiger partial charge on any atom is -0.497 e. The summed E-state index contributed by atoms with van der Waals surface area (Å²) in [4.78, 5) is 28.1. The fourth-order valence-electron chi connectivity index (χ4n) is 4.33. The normalized spacial score (nSPS) is 14.9. The van der Waals surface area contributed by atoms with Gasteiger partial charge < -0.3 is 19.7 Å². The van der Waals surface area contributed by atoms with Crippen molar-refractivity contribution >= 4 is 27.7 Å². The van der Waals surface area contributed by atoms with E-state index in [1.165, 1.54) is 12.0 Å². The molecular formula is C28H37BrN2O4. The van der Waals surface area contributed by atoms with Gasteiger partial charge in [0, 0.05) is 12.6 Å². The summed E-state index contributed by atoms with van der Waals surface area (Å²) in [5, 5.41) is 3.16. The summed E-state index contributed by atoms with van der Waals surface area (Å²) in [6, 6.07) is 13.0. The molecule has 0 bridgehead atoms. The molecule has 0 saturated heterocycles. The summed E-state index contributed by atoms with van der Waals surface area (Å²) in [5.74, 6) is 1.32. The molecule has 7 heteroatoms. The fraction of sp³-hybridized carbons (Fsp3) is 0.500. The van der Waals surface area contributed by atoms with Gasteiger partial charge in [0.05, 0.1) is 11.6 Å². The Labute approximate surface area is 217 Å². The van der Waals surface area contributed by atoms with Crippen molar-refractivity contribution in [3.05, 3.63) is 58.1 Å². The Balaban J connectivity index is 1.74. The van der Waals surface area contributed by atoms with Gasteiger partial charge in [0.15, 0.2) is 6.61 Å². The molecular weight excluding hydrogens is 508 g/mol. The van der Waals surface area contributed by atoms with Crippen molar-refractivity contribution in [1.82, 2.24) is 10.2 Å². The lowest BCUT2D eigenvalue weighted by Crippen LogP contribution is -2.51. The molecule has 35 heavy (non-hydrogen) atoms. The number of carbonyl (C=O) groups is 2. The highest BCUT2D eigenvalue weighted by atomic mass is 79.9. The molecule has 0 heterocycles. The minimum absolute atomic E-state index is 0.129. The zero-order valence-corrected chi connectivity index (χ0v) is 22.8. The summed E-state index contributed by atoms with van der Waals surface area (Å²) >= 11 is 3.55. The first-order valence-corrected chi connectivity index (χ1v) is 13.2. The molecule has 1 aliphatic rings. The molecule has 2 aromatic rings. The molecule has 0 spiro atoms. The van der Waals surface area contributed by atoms with E-state index in [1.54, 1.807) is 18.9 Å². The number of nitrogens with one attached hydrogen (secondary N) is 1. The Hall–Kier alpha value is -2.54. The third-order valence-corrected chi connectivity index (χ3v) is 7.20. The van der Waals surface area contributed by atoms with Crippen LogP contribution in [0, 0.1) is 0 Å². The second kappa shape index (κ2) is 13.0. The van der Waals surface area contributed by atoms with Crippen molar-refractivity contribution in [2.75, 3.05) is 13.7 Å². The van der Waals surface area contributed by atoms with Gasteiger partial charge >= 0.3 is 0 Å². The molecule has 190 valence electrons. The zero-order chi connectivity index (χ0) is 25.4. The van der Waals surface area contributed by atoms with Crippen molar-refractivity contribution < 1.29 is 19.1 Å². The van der Waals surface area contributed by atoms with Crippen molar-refractivity contribution in [1.29, 1.82) is 0 Å². The predicted molar refractivity (Wildman–Crippen MR) is 142 cm³/mol. The quantitative estimate of drug-likeness (QED) is 0.408. The molecule has 0 aliphatic heterocycles. The number of methoxy groups -OCH3 is 1. The van der Waals surface area contributed by atoms with Gasteiger partial charge in [0.2, 0.25) is 5.91 Å². The Morgan fingerprint density at radius 2 is 1.83 bits per heavy atom. The second-order valence-corrected chi connectivity index (χ2v) is 10.4. The highest BCUT2D eigenvalue weighted by molar-refractivity contribution is 9.10. The number of hydrogen-bond acceptors (Lipinski definition) is 4. The number of carbonyl (C=O) groups excluding carboxylic acids is 2. The van der Waals surface area contributed by atoms with Crippen LogP contribution in [0.4, 0.5) is 0 Å². The Bertz CT molecular complexity index is 1000. The Morgan fingerprint density at radius 3 is 2.49 bits per heavy atom. The summed E-state index contributed by atoms with van der Waals surface area (Å²) in [7, 11) is 1.61. The minimum atomic E-state index is -0.633. The average molecular weight is 546 g/mol. The first kappa shape index (κ1) is 27.1. The summed E-state index contributed by atoms with van der Waals surface area (Å²) in [5.41, 5.74) is 2.07. The largest absolute Gasteiger partial charge is 0.497 e. The van der Waals surface area contributed by atoms with Crippen LogP contribution in [0.25, 0.3) is 0 Å². The number of halogens is 1. The number of benzene rings is 2. The molecule has 0 radical (unpaired) electrons. The zero-order valence-electron chi connectivity index (χ0n) is 21.2. The first-order valence-electron chi connectivity index (χ1n) is 12.4. The van der Waals surface area contributed by atoms with Crippen molar-refractivity contribution in [3.63, 3.8) is 0 Å². The molecule has 1 aliphatic carbocycles. The number of amides is 2. The SMILES string of the molecule is COc1cccc(CN(C(=O)COc2ccc(C(C)C)cc2Br)[C@@H](C)C(=O)NC2CCCCC2)c1. The fourth-order valence-corrected chi connectivity index (χ4v) is 4.85. The van der Waals surface area contributed by atoms with Gasteiger partial charge in [0.25, 0.3) is 5.91 Å². The molecule has 1 atom stereocenters. The van der Waals surface area contributed by atoms with Crippen LogP contribution >= 0.6 is 15.9 Å². The Kier molecular flexibility index (Phi) is 10.0. The van der Waals surface area contributed by atoms with E-state index in [0.717, 1.165) is 35.7 Å². The molecule has 0 unspecified atom stereocenters. The van der Waals surface area contributed by atoms with Crippen LogP contribution in [0.2, 0.25) is 0 Å². The van der Waals surface area contributed by atoms with Gasteiger partial charge in [-0.1, -0.05) is 51.3 Å². The lowest BCUT2D eigenvalue weighted by molar-refractivity contribution is -0.142. The second-order valence-electron chi connectivity index (χ2n) is 9.53. The monoisotopic (exact) mass is 544 g/mol. The lowest BCUT2D eigenvalue weighted by atomic mass is 9.95. The Morgan fingerprint density at radius 1 is 1.09 bits per heavy atom. The van der Waals surface area contributed by atoms with Crippen LogP contribution in [0.3, 0.4) is 0 Å². The molecule has 6 nitrogen and oxygen atoms in total. The van der Waals surface area contributed by atoms with E-state index in [-0.39, 0.29) is 31.0 Å². The third-order valence-electron chi connectivity index (χ3n) is 6.58.